The molecule has 0 saturated heterocycles. The van der Waals surface area contributed by atoms with E-state index in [0.717, 1.165) is 0 Å². The van der Waals surface area contributed by atoms with Crippen LogP contribution in [0.4, 0.5) is 0 Å². The molecular formula is C10H22O5. The van der Waals surface area contributed by atoms with Gasteiger partial charge in [-0.05, 0) is 13.3 Å². The van der Waals surface area contributed by atoms with Gasteiger partial charge < -0.3 is 20.1 Å². The first-order chi connectivity index (χ1) is 7.01. The van der Waals surface area contributed by atoms with E-state index in [1.54, 1.807) is 6.92 Å². The second kappa shape index (κ2) is 9.89. The Hall–Kier alpha value is -0.650. The minimum atomic E-state index is -0.667. The summed E-state index contributed by atoms with van der Waals surface area (Å²) in [6.07, 6.45) is 0.594. The molecule has 0 heterocycles. The lowest BCUT2D eigenvalue weighted by atomic mass is 9.88. The third-order valence-corrected chi connectivity index (χ3v) is 2.10. The quantitative estimate of drug-likeness (QED) is 0.567. The normalized spacial score (nSPS) is 10.3. The molecule has 5 heteroatoms. The number of hydrogen-bond acceptors (Lipinski definition) is 5. The Balaban J connectivity index is 0. The summed E-state index contributed by atoms with van der Waals surface area (Å²) in [7, 11) is 0. The fourth-order valence-electron chi connectivity index (χ4n) is 0.689. The molecule has 0 aliphatic heterocycles. The first-order valence-corrected chi connectivity index (χ1v) is 4.97. The zero-order valence-electron chi connectivity index (χ0n) is 9.69. The van der Waals surface area contributed by atoms with Gasteiger partial charge in [-0.1, -0.05) is 6.92 Å². The maximum Gasteiger partial charge on any atom is 0.302 e. The SMILES string of the molecule is CCC(CO)(CO)CO.CCOC(C)=O. The molecule has 0 aliphatic rings. The van der Waals surface area contributed by atoms with Crippen molar-refractivity contribution >= 4 is 5.97 Å². The van der Waals surface area contributed by atoms with Crippen LogP contribution < -0.4 is 0 Å². The molecule has 0 saturated carbocycles. The van der Waals surface area contributed by atoms with Gasteiger partial charge in [0.05, 0.1) is 26.4 Å². The summed E-state index contributed by atoms with van der Waals surface area (Å²) in [6.45, 7) is 5.01. The average molecular weight is 222 g/mol. The zero-order chi connectivity index (χ0) is 12.3. The third kappa shape index (κ3) is 8.35. The minimum Gasteiger partial charge on any atom is -0.466 e. The Morgan fingerprint density at radius 2 is 1.53 bits per heavy atom. The summed E-state index contributed by atoms with van der Waals surface area (Å²) in [6, 6.07) is 0. The molecule has 0 bridgehead atoms. The first kappa shape index (κ1) is 16.8. The highest BCUT2D eigenvalue weighted by molar-refractivity contribution is 5.65. The van der Waals surface area contributed by atoms with Gasteiger partial charge in [0.2, 0.25) is 0 Å². The van der Waals surface area contributed by atoms with Gasteiger partial charge in [0.25, 0.3) is 0 Å². The molecule has 0 aromatic carbocycles. The van der Waals surface area contributed by atoms with Crippen molar-refractivity contribution in [3.63, 3.8) is 0 Å². The van der Waals surface area contributed by atoms with Gasteiger partial charge in [0.15, 0.2) is 0 Å². The van der Waals surface area contributed by atoms with E-state index in [0.29, 0.717) is 13.0 Å². The molecule has 0 aromatic rings. The molecule has 0 spiro atoms. The predicted molar refractivity (Wildman–Crippen MR) is 56.3 cm³/mol. The molecular weight excluding hydrogens is 200 g/mol. The third-order valence-electron chi connectivity index (χ3n) is 2.10. The molecule has 0 aliphatic carbocycles. The number of esters is 1. The van der Waals surface area contributed by atoms with E-state index in [1.165, 1.54) is 6.92 Å². The van der Waals surface area contributed by atoms with Gasteiger partial charge in [0, 0.05) is 12.3 Å². The number of carbonyl (C=O) groups is 1. The molecule has 0 aromatic heterocycles. The average Bonchev–Trinajstić information content (AvgIpc) is 2.23. The zero-order valence-corrected chi connectivity index (χ0v) is 9.69. The number of aliphatic hydroxyl groups excluding tert-OH is 3. The van der Waals surface area contributed by atoms with E-state index in [4.69, 9.17) is 15.3 Å². The number of hydrogen-bond donors (Lipinski definition) is 3. The van der Waals surface area contributed by atoms with Gasteiger partial charge in [0.1, 0.15) is 0 Å². The van der Waals surface area contributed by atoms with Crippen LogP contribution in [0, 0.1) is 5.41 Å². The lowest BCUT2D eigenvalue weighted by Gasteiger charge is -2.24. The van der Waals surface area contributed by atoms with Crippen molar-refractivity contribution in [1.82, 2.24) is 0 Å². The van der Waals surface area contributed by atoms with Crippen LogP contribution in [0.3, 0.4) is 0 Å². The second-order valence-corrected chi connectivity index (χ2v) is 3.25. The minimum absolute atomic E-state index is 0.156. The van der Waals surface area contributed by atoms with Crippen LogP contribution in [-0.4, -0.2) is 47.7 Å². The van der Waals surface area contributed by atoms with Crippen molar-refractivity contribution < 1.29 is 24.9 Å². The van der Waals surface area contributed by atoms with Crippen LogP contribution in [-0.2, 0) is 9.53 Å². The Labute approximate surface area is 90.7 Å². The van der Waals surface area contributed by atoms with Gasteiger partial charge in [-0.25, -0.2) is 0 Å². The van der Waals surface area contributed by atoms with Crippen LogP contribution in [0.15, 0.2) is 0 Å². The summed E-state index contributed by atoms with van der Waals surface area (Å²) in [5, 5.41) is 26.0. The van der Waals surface area contributed by atoms with Gasteiger partial charge in [-0.15, -0.1) is 0 Å². The van der Waals surface area contributed by atoms with Crippen LogP contribution in [0.2, 0.25) is 0 Å². The topological polar surface area (TPSA) is 87.0 Å². The van der Waals surface area contributed by atoms with Gasteiger partial charge in [-0.3, -0.25) is 4.79 Å². The summed E-state index contributed by atoms with van der Waals surface area (Å²) < 4.78 is 4.40. The van der Waals surface area contributed by atoms with Gasteiger partial charge in [-0.2, -0.15) is 0 Å². The maximum atomic E-state index is 9.82. The van der Waals surface area contributed by atoms with E-state index in [1.807, 2.05) is 6.92 Å². The van der Waals surface area contributed by atoms with E-state index >= 15 is 0 Å². The molecule has 0 amide bonds. The Bertz CT molecular complexity index is 136. The molecule has 0 radical (unpaired) electrons. The molecule has 15 heavy (non-hydrogen) atoms. The Kier molecular flexibility index (Phi) is 11.1. The molecule has 0 atom stereocenters. The number of ether oxygens (including phenoxy) is 1. The molecule has 92 valence electrons. The fourth-order valence-corrected chi connectivity index (χ4v) is 0.689. The lowest BCUT2D eigenvalue weighted by Crippen LogP contribution is -2.32. The smallest absolute Gasteiger partial charge is 0.302 e. The number of rotatable bonds is 5. The molecule has 5 nitrogen and oxygen atoms in total. The highest BCUT2D eigenvalue weighted by Gasteiger charge is 2.24. The van der Waals surface area contributed by atoms with Gasteiger partial charge >= 0.3 is 5.97 Å². The van der Waals surface area contributed by atoms with E-state index in [9.17, 15) is 4.79 Å². The van der Waals surface area contributed by atoms with Crippen LogP contribution in [0.5, 0.6) is 0 Å². The van der Waals surface area contributed by atoms with Crippen molar-refractivity contribution in [3.05, 3.63) is 0 Å². The highest BCUT2D eigenvalue weighted by atomic mass is 16.5. The number of aliphatic hydroxyl groups is 3. The Morgan fingerprint density at radius 3 is 1.53 bits per heavy atom. The van der Waals surface area contributed by atoms with E-state index in [-0.39, 0.29) is 25.8 Å². The molecule has 0 rings (SSSR count). The fraction of sp³-hybridized carbons (Fsp3) is 0.900. The summed E-state index contributed by atoms with van der Waals surface area (Å²) in [5.74, 6) is -0.211. The standard InChI is InChI=1S/C6H14O3.C4H8O2/c1-2-6(3-7,4-8)5-9;1-3-6-4(2)5/h7-9H,2-5H2,1H3;3H2,1-2H3. The van der Waals surface area contributed by atoms with Crippen molar-refractivity contribution in [2.24, 2.45) is 5.41 Å². The molecule has 3 N–H and O–H groups in total. The largest absolute Gasteiger partial charge is 0.466 e. The van der Waals surface area contributed by atoms with Crippen molar-refractivity contribution in [3.8, 4) is 0 Å². The molecule has 0 fully saturated rings. The van der Waals surface area contributed by atoms with Crippen LogP contribution in [0.1, 0.15) is 27.2 Å². The second-order valence-electron chi connectivity index (χ2n) is 3.25. The van der Waals surface area contributed by atoms with Crippen LogP contribution in [0.25, 0.3) is 0 Å². The predicted octanol–water partition coefficient (Wildman–Crippen LogP) is -0.0709. The van der Waals surface area contributed by atoms with E-state index < -0.39 is 5.41 Å². The summed E-state index contributed by atoms with van der Waals surface area (Å²) >= 11 is 0. The van der Waals surface area contributed by atoms with E-state index in [2.05, 4.69) is 4.74 Å². The Morgan fingerprint density at radius 1 is 1.13 bits per heavy atom. The highest BCUT2D eigenvalue weighted by Crippen LogP contribution is 2.18. The maximum absolute atomic E-state index is 9.82. The monoisotopic (exact) mass is 222 g/mol. The van der Waals surface area contributed by atoms with Crippen molar-refractivity contribution in [2.75, 3.05) is 26.4 Å². The lowest BCUT2D eigenvalue weighted by molar-refractivity contribution is -0.140. The van der Waals surface area contributed by atoms with Crippen molar-refractivity contribution in [1.29, 1.82) is 0 Å². The summed E-state index contributed by atoms with van der Waals surface area (Å²) in [5.41, 5.74) is -0.667. The van der Waals surface area contributed by atoms with Crippen LogP contribution >= 0.6 is 0 Å². The number of carbonyl (C=O) groups excluding carboxylic acids is 1. The van der Waals surface area contributed by atoms with Crippen molar-refractivity contribution in [2.45, 2.75) is 27.2 Å². The summed E-state index contributed by atoms with van der Waals surface area (Å²) in [4.78, 5) is 9.82. The first-order valence-electron chi connectivity index (χ1n) is 4.97. The molecule has 0 unspecified atom stereocenters.